The van der Waals surface area contributed by atoms with Crippen molar-refractivity contribution in [1.29, 1.82) is 0 Å². The fourth-order valence-corrected chi connectivity index (χ4v) is 0.838. The van der Waals surface area contributed by atoms with Crippen molar-refractivity contribution in [1.82, 2.24) is 0 Å². The number of hydrogen-bond acceptors (Lipinski definition) is 5. The summed E-state index contributed by atoms with van der Waals surface area (Å²) in [6, 6.07) is 2.42. The monoisotopic (exact) mass is 181 g/mol. The molecule has 0 aliphatic heterocycles. The predicted molar refractivity (Wildman–Crippen MR) is 36.9 cm³/mol. The lowest BCUT2D eigenvalue weighted by Crippen LogP contribution is -2.23. The lowest BCUT2D eigenvalue weighted by Gasteiger charge is -2.08. The quantitative estimate of drug-likeness (QED) is 0.431. The Hall–Kier alpha value is -2.11. The van der Waals surface area contributed by atoms with Gasteiger partial charge in [-0.1, -0.05) is 12.1 Å². The number of carbonyl (C=O) groups excluding carboxylic acids is 1. The van der Waals surface area contributed by atoms with Crippen LogP contribution >= 0.6 is 0 Å². The van der Waals surface area contributed by atoms with Crippen LogP contribution in [0.4, 0.5) is 5.69 Å². The van der Waals surface area contributed by atoms with Crippen LogP contribution in [0.3, 0.4) is 0 Å². The maximum atomic E-state index is 10.7. The number of nitrogens with zero attached hydrogens (tertiary/aromatic N) is 1. The predicted octanol–water partition coefficient (Wildman–Crippen LogP) is -0.968. The number of aromatic carboxylic acids is 1. The minimum absolute atomic E-state index is 0.607. The average molecular weight is 181 g/mol. The van der Waals surface area contributed by atoms with Crippen LogP contribution in [0.25, 0.3) is 0 Å². The van der Waals surface area contributed by atoms with E-state index in [2.05, 4.69) is 0 Å². The molecule has 1 aromatic carbocycles. The smallest absolute Gasteiger partial charge is 0.278 e. The van der Waals surface area contributed by atoms with Gasteiger partial charge in [0.05, 0.1) is 16.5 Å². The summed E-state index contributed by atoms with van der Waals surface area (Å²) in [6.45, 7) is 0. The molecule has 1 rings (SSSR count). The summed E-state index contributed by atoms with van der Waals surface area (Å²) in [5.74, 6) is -2.34. The van der Waals surface area contributed by atoms with Crippen LogP contribution in [0, 0.1) is 10.1 Å². The first-order valence-corrected chi connectivity index (χ1v) is 3.19. The molecule has 0 saturated heterocycles. The van der Waals surface area contributed by atoms with E-state index >= 15 is 0 Å². The Bertz CT molecular complexity index is 373. The van der Waals surface area contributed by atoms with Crippen LogP contribution < -0.4 is 10.2 Å². The van der Waals surface area contributed by atoms with E-state index in [-0.39, 0.29) is 0 Å². The zero-order chi connectivity index (χ0) is 10.0. The van der Waals surface area contributed by atoms with Gasteiger partial charge >= 0.3 is 0 Å². The van der Waals surface area contributed by atoms with Crippen molar-refractivity contribution in [3.8, 4) is 5.75 Å². The Morgan fingerprint density at radius 1 is 1.38 bits per heavy atom. The van der Waals surface area contributed by atoms with E-state index in [0.29, 0.717) is 6.07 Å². The molecule has 0 heterocycles. The standard InChI is InChI=1S/C7H5NO5/c9-4-1-2-6(8(12)13)5(3-4)7(10)11/h1-3,9H,(H,10,11)/p-2. The first-order valence-electron chi connectivity index (χ1n) is 3.19. The molecule has 0 saturated carbocycles. The van der Waals surface area contributed by atoms with Gasteiger partial charge in [0.1, 0.15) is 0 Å². The summed E-state index contributed by atoms with van der Waals surface area (Å²) < 4.78 is 0. The lowest BCUT2D eigenvalue weighted by molar-refractivity contribution is -0.386. The fourth-order valence-electron chi connectivity index (χ4n) is 0.838. The molecule has 0 spiro atoms. The molecule has 0 atom stereocenters. The normalized spacial score (nSPS) is 9.54. The van der Waals surface area contributed by atoms with Crippen LogP contribution in [0.1, 0.15) is 10.4 Å². The molecule has 0 aliphatic carbocycles. The molecule has 0 aliphatic rings. The second-order valence-electron chi connectivity index (χ2n) is 2.22. The van der Waals surface area contributed by atoms with Crippen molar-refractivity contribution >= 4 is 11.7 Å². The fraction of sp³-hybridized carbons (Fsp3) is 0. The number of hydrogen-bond donors (Lipinski definition) is 0. The maximum absolute atomic E-state index is 10.7. The number of carboxylic acid groups (broad SMARTS) is 1. The van der Waals surface area contributed by atoms with E-state index < -0.39 is 27.9 Å². The molecular weight excluding hydrogens is 178 g/mol. The van der Waals surface area contributed by atoms with Gasteiger partial charge in [0, 0.05) is 6.07 Å². The summed E-state index contributed by atoms with van der Waals surface area (Å²) in [4.78, 5) is 19.7. The highest BCUT2D eigenvalue weighted by Gasteiger charge is 2.12. The number of nitro benzene ring substituents is 1. The van der Waals surface area contributed by atoms with Gasteiger partial charge in [0.25, 0.3) is 5.69 Å². The molecule has 0 radical (unpaired) electrons. The van der Waals surface area contributed by atoms with Gasteiger partial charge < -0.3 is 15.0 Å². The minimum Gasteiger partial charge on any atom is -0.872 e. The van der Waals surface area contributed by atoms with Gasteiger partial charge in [0.2, 0.25) is 0 Å². The Kier molecular flexibility index (Phi) is 2.14. The number of carbonyl (C=O) groups is 1. The van der Waals surface area contributed by atoms with Crippen LogP contribution in [0.2, 0.25) is 0 Å². The molecule has 0 N–H and O–H groups in total. The van der Waals surface area contributed by atoms with E-state index in [4.69, 9.17) is 0 Å². The van der Waals surface area contributed by atoms with Gasteiger partial charge in [-0.05, 0) is 0 Å². The highest BCUT2D eigenvalue weighted by atomic mass is 16.6. The Morgan fingerprint density at radius 2 is 2.00 bits per heavy atom. The van der Waals surface area contributed by atoms with E-state index in [1.54, 1.807) is 0 Å². The second-order valence-corrected chi connectivity index (χ2v) is 2.22. The van der Waals surface area contributed by atoms with Crippen LogP contribution in [0.15, 0.2) is 18.2 Å². The molecular formula is C7H3NO5-2. The molecule has 0 fully saturated rings. The van der Waals surface area contributed by atoms with E-state index in [9.17, 15) is 25.1 Å². The Morgan fingerprint density at radius 3 is 2.46 bits per heavy atom. The topological polar surface area (TPSA) is 106 Å². The second kappa shape index (κ2) is 3.10. The first kappa shape index (κ1) is 8.98. The summed E-state index contributed by atoms with van der Waals surface area (Å²) in [6.07, 6.45) is 0. The third-order valence-electron chi connectivity index (χ3n) is 1.38. The minimum atomic E-state index is -1.73. The van der Waals surface area contributed by atoms with Crippen molar-refractivity contribution in [3.63, 3.8) is 0 Å². The maximum Gasteiger partial charge on any atom is 0.278 e. The summed E-state index contributed by atoms with van der Waals surface area (Å²) in [7, 11) is 0. The highest BCUT2D eigenvalue weighted by Crippen LogP contribution is 2.20. The zero-order valence-electron chi connectivity index (χ0n) is 6.22. The van der Waals surface area contributed by atoms with E-state index in [0.717, 1.165) is 12.1 Å². The van der Waals surface area contributed by atoms with E-state index in [1.165, 1.54) is 0 Å². The third kappa shape index (κ3) is 1.73. The summed E-state index contributed by atoms with van der Waals surface area (Å²) >= 11 is 0. The van der Waals surface area contributed by atoms with Crippen molar-refractivity contribution in [3.05, 3.63) is 33.9 Å². The largest absolute Gasteiger partial charge is 0.872 e. The van der Waals surface area contributed by atoms with Crippen molar-refractivity contribution in [2.45, 2.75) is 0 Å². The highest BCUT2D eigenvalue weighted by molar-refractivity contribution is 5.91. The summed E-state index contributed by atoms with van der Waals surface area (Å²) in [5.41, 5.74) is -1.34. The van der Waals surface area contributed by atoms with Gasteiger partial charge in [-0.2, -0.15) is 0 Å². The molecule has 0 unspecified atom stereocenters. The molecule has 6 nitrogen and oxygen atoms in total. The molecule has 0 aromatic heterocycles. The number of benzene rings is 1. The van der Waals surface area contributed by atoms with Crippen LogP contribution in [-0.2, 0) is 0 Å². The van der Waals surface area contributed by atoms with Crippen molar-refractivity contribution in [2.24, 2.45) is 0 Å². The lowest BCUT2D eigenvalue weighted by atomic mass is 10.2. The van der Waals surface area contributed by atoms with Crippen LogP contribution in [-0.4, -0.2) is 10.9 Å². The number of carboxylic acids is 1. The van der Waals surface area contributed by atoms with Gasteiger partial charge in [-0.25, -0.2) is 0 Å². The Labute approximate surface area is 72.2 Å². The average Bonchev–Trinajstić information content (AvgIpc) is 2.03. The molecule has 0 amide bonds. The van der Waals surface area contributed by atoms with Crippen LogP contribution in [0.5, 0.6) is 5.75 Å². The number of rotatable bonds is 2. The molecule has 68 valence electrons. The third-order valence-corrected chi connectivity index (χ3v) is 1.38. The van der Waals surface area contributed by atoms with Gasteiger partial charge in [0.15, 0.2) is 0 Å². The molecule has 0 bridgehead atoms. The van der Waals surface area contributed by atoms with Crippen molar-refractivity contribution in [2.75, 3.05) is 0 Å². The van der Waals surface area contributed by atoms with Crippen molar-refractivity contribution < 1.29 is 19.9 Å². The van der Waals surface area contributed by atoms with Gasteiger partial charge in [-0.3, -0.25) is 10.1 Å². The molecule has 13 heavy (non-hydrogen) atoms. The van der Waals surface area contributed by atoms with E-state index in [1.807, 2.05) is 0 Å². The zero-order valence-corrected chi connectivity index (χ0v) is 6.22. The SMILES string of the molecule is O=C([O-])c1cc([O-])ccc1[N+](=O)[O-]. The number of nitro groups is 1. The van der Waals surface area contributed by atoms with Gasteiger partial charge in [-0.15, -0.1) is 5.75 Å². The first-order chi connectivity index (χ1) is 6.02. The molecule has 1 aromatic rings. The Balaban J connectivity index is 3.35. The molecule has 6 heteroatoms. The summed E-state index contributed by atoms with van der Waals surface area (Å²) in [5, 5.41) is 31.2.